The molecule has 0 spiro atoms. The van der Waals surface area contributed by atoms with Crippen LogP contribution in [0.4, 0.5) is 0 Å². The summed E-state index contributed by atoms with van der Waals surface area (Å²) in [6.45, 7) is 2.82. The van der Waals surface area contributed by atoms with E-state index < -0.39 is 0 Å². The van der Waals surface area contributed by atoms with Crippen molar-refractivity contribution in [1.82, 2.24) is 5.43 Å². The highest BCUT2D eigenvalue weighted by atomic mass is 35.5. The quantitative estimate of drug-likeness (QED) is 0.630. The number of halogens is 1. The van der Waals surface area contributed by atoms with E-state index in [1.165, 1.54) is 0 Å². The molecule has 1 aromatic heterocycles. The zero-order chi connectivity index (χ0) is 13.7. The fraction of sp³-hybridized carbons (Fsp3) is 0.286. The number of nitrogens with two attached hydrogens (primary N) is 1. The van der Waals surface area contributed by atoms with Crippen molar-refractivity contribution in [2.45, 2.75) is 19.4 Å². The SMILES string of the molecule is CCCOc1ccc(C(NN)c2sccc2Cl)cc1. The van der Waals surface area contributed by atoms with Crippen molar-refractivity contribution in [3.8, 4) is 5.75 Å². The highest BCUT2D eigenvalue weighted by molar-refractivity contribution is 7.10. The highest BCUT2D eigenvalue weighted by Crippen LogP contribution is 2.32. The van der Waals surface area contributed by atoms with Gasteiger partial charge in [-0.25, -0.2) is 5.43 Å². The van der Waals surface area contributed by atoms with Crippen LogP contribution in [0.2, 0.25) is 5.02 Å². The molecule has 0 aliphatic heterocycles. The Bertz CT molecular complexity index is 512. The minimum Gasteiger partial charge on any atom is -0.494 e. The van der Waals surface area contributed by atoms with Crippen molar-refractivity contribution in [2.24, 2.45) is 5.84 Å². The van der Waals surface area contributed by atoms with Gasteiger partial charge < -0.3 is 4.74 Å². The second-order valence-corrected chi connectivity index (χ2v) is 5.50. The third kappa shape index (κ3) is 3.48. The lowest BCUT2D eigenvalue weighted by Gasteiger charge is -2.16. The lowest BCUT2D eigenvalue weighted by atomic mass is 10.1. The van der Waals surface area contributed by atoms with Crippen LogP contribution in [0.5, 0.6) is 5.75 Å². The van der Waals surface area contributed by atoms with Gasteiger partial charge in [-0.15, -0.1) is 11.3 Å². The number of hydrogen-bond donors (Lipinski definition) is 2. The largest absolute Gasteiger partial charge is 0.494 e. The van der Waals surface area contributed by atoms with Gasteiger partial charge in [-0.1, -0.05) is 30.7 Å². The molecule has 2 aromatic rings. The molecular formula is C14H17ClN2OS. The standard InChI is InChI=1S/C14H17ClN2OS/c1-2-8-18-11-5-3-10(4-6-11)13(17-16)14-12(15)7-9-19-14/h3-7,9,13,17H,2,8,16H2,1H3. The van der Waals surface area contributed by atoms with E-state index in [0.29, 0.717) is 0 Å². The van der Waals surface area contributed by atoms with Gasteiger partial charge in [0.15, 0.2) is 0 Å². The molecule has 0 bridgehead atoms. The van der Waals surface area contributed by atoms with E-state index in [2.05, 4.69) is 12.3 Å². The van der Waals surface area contributed by atoms with Gasteiger partial charge in [0.1, 0.15) is 5.75 Å². The average Bonchev–Trinajstić information content (AvgIpc) is 2.85. The third-order valence-electron chi connectivity index (χ3n) is 2.76. The van der Waals surface area contributed by atoms with Gasteiger partial charge >= 0.3 is 0 Å². The summed E-state index contributed by atoms with van der Waals surface area (Å²) in [6, 6.07) is 9.71. The van der Waals surface area contributed by atoms with Crippen LogP contribution in [0, 0.1) is 0 Å². The van der Waals surface area contributed by atoms with Crippen LogP contribution >= 0.6 is 22.9 Å². The van der Waals surface area contributed by atoms with E-state index in [1.54, 1.807) is 11.3 Å². The van der Waals surface area contributed by atoms with Crippen molar-refractivity contribution < 1.29 is 4.74 Å². The molecule has 0 saturated carbocycles. The molecule has 0 radical (unpaired) electrons. The van der Waals surface area contributed by atoms with E-state index >= 15 is 0 Å². The molecule has 2 rings (SSSR count). The van der Waals surface area contributed by atoms with Crippen LogP contribution in [-0.4, -0.2) is 6.61 Å². The zero-order valence-corrected chi connectivity index (χ0v) is 12.3. The molecule has 0 fully saturated rings. The first-order chi connectivity index (χ1) is 9.26. The van der Waals surface area contributed by atoms with Gasteiger partial charge in [0.25, 0.3) is 0 Å². The van der Waals surface area contributed by atoms with E-state index in [4.69, 9.17) is 22.2 Å². The first kappa shape index (κ1) is 14.3. The van der Waals surface area contributed by atoms with Crippen LogP contribution in [0.15, 0.2) is 35.7 Å². The Hall–Kier alpha value is -1.07. The summed E-state index contributed by atoms with van der Waals surface area (Å²) in [7, 11) is 0. The van der Waals surface area contributed by atoms with Gasteiger partial charge in [-0.3, -0.25) is 5.84 Å². The number of hydrogen-bond acceptors (Lipinski definition) is 4. The summed E-state index contributed by atoms with van der Waals surface area (Å²) < 4.78 is 5.56. The molecule has 0 aliphatic carbocycles. The zero-order valence-electron chi connectivity index (χ0n) is 10.7. The fourth-order valence-corrected chi connectivity index (χ4v) is 3.06. The Morgan fingerprint density at radius 1 is 1.32 bits per heavy atom. The molecule has 3 N–H and O–H groups in total. The molecule has 0 saturated heterocycles. The van der Waals surface area contributed by atoms with Gasteiger partial charge in [-0.05, 0) is 35.6 Å². The maximum absolute atomic E-state index is 6.15. The second-order valence-electron chi connectivity index (χ2n) is 4.15. The predicted octanol–water partition coefficient (Wildman–Crippen LogP) is 3.74. The molecule has 102 valence electrons. The van der Waals surface area contributed by atoms with Crippen LogP contribution in [0.3, 0.4) is 0 Å². The van der Waals surface area contributed by atoms with E-state index in [9.17, 15) is 0 Å². The summed E-state index contributed by atoms with van der Waals surface area (Å²) in [5.74, 6) is 6.52. The Morgan fingerprint density at radius 2 is 2.05 bits per heavy atom. The number of nitrogens with one attached hydrogen (secondary N) is 1. The number of rotatable bonds is 6. The van der Waals surface area contributed by atoms with Crippen LogP contribution in [0.1, 0.15) is 29.8 Å². The summed E-state index contributed by atoms with van der Waals surface area (Å²) >= 11 is 7.74. The Labute approximate surface area is 122 Å². The molecule has 0 amide bonds. The first-order valence-electron chi connectivity index (χ1n) is 6.18. The minimum absolute atomic E-state index is 0.0901. The van der Waals surface area contributed by atoms with Crippen molar-refractivity contribution in [1.29, 1.82) is 0 Å². The Morgan fingerprint density at radius 3 is 2.58 bits per heavy atom. The molecule has 1 unspecified atom stereocenters. The molecule has 1 atom stereocenters. The van der Waals surface area contributed by atoms with Crippen LogP contribution < -0.4 is 16.0 Å². The number of thiophene rings is 1. The van der Waals surface area contributed by atoms with Crippen molar-refractivity contribution in [3.63, 3.8) is 0 Å². The highest BCUT2D eigenvalue weighted by Gasteiger charge is 2.16. The monoisotopic (exact) mass is 296 g/mol. The molecular weight excluding hydrogens is 280 g/mol. The molecule has 19 heavy (non-hydrogen) atoms. The smallest absolute Gasteiger partial charge is 0.119 e. The second kappa shape index (κ2) is 6.91. The van der Waals surface area contributed by atoms with Crippen molar-refractivity contribution in [2.75, 3.05) is 6.61 Å². The number of benzene rings is 1. The molecule has 3 nitrogen and oxygen atoms in total. The first-order valence-corrected chi connectivity index (χ1v) is 7.43. The predicted molar refractivity (Wildman–Crippen MR) is 80.7 cm³/mol. The van der Waals surface area contributed by atoms with E-state index in [1.807, 2.05) is 35.7 Å². The average molecular weight is 297 g/mol. The summed E-state index contributed by atoms with van der Waals surface area (Å²) in [5.41, 5.74) is 3.87. The Kier molecular flexibility index (Phi) is 5.22. The summed E-state index contributed by atoms with van der Waals surface area (Å²) in [5, 5.41) is 2.69. The van der Waals surface area contributed by atoms with Crippen molar-refractivity contribution in [3.05, 3.63) is 51.2 Å². The van der Waals surface area contributed by atoms with Gasteiger partial charge in [0.2, 0.25) is 0 Å². The van der Waals surface area contributed by atoms with Gasteiger partial charge in [0, 0.05) is 4.88 Å². The van der Waals surface area contributed by atoms with E-state index in [-0.39, 0.29) is 6.04 Å². The molecule has 1 heterocycles. The maximum Gasteiger partial charge on any atom is 0.119 e. The van der Waals surface area contributed by atoms with Gasteiger partial charge in [-0.2, -0.15) is 0 Å². The van der Waals surface area contributed by atoms with E-state index in [0.717, 1.165) is 34.2 Å². The maximum atomic E-state index is 6.15. The number of hydrazine groups is 1. The van der Waals surface area contributed by atoms with Crippen LogP contribution in [-0.2, 0) is 0 Å². The minimum atomic E-state index is -0.0901. The number of ether oxygens (including phenoxy) is 1. The van der Waals surface area contributed by atoms with Gasteiger partial charge in [0.05, 0.1) is 17.7 Å². The van der Waals surface area contributed by atoms with Crippen molar-refractivity contribution >= 4 is 22.9 Å². The molecule has 5 heteroatoms. The lowest BCUT2D eigenvalue weighted by molar-refractivity contribution is 0.317. The van der Waals surface area contributed by atoms with Crippen LogP contribution in [0.25, 0.3) is 0 Å². The molecule has 0 aliphatic rings. The summed E-state index contributed by atoms with van der Waals surface area (Å²) in [6.07, 6.45) is 1.000. The fourth-order valence-electron chi connectivity index (χ4n) is 1.81. The normalized spacial score (nSPS) is 12.4. The Balaban J connectivity index is 2.18. The third-order valence-corrected chi connectivity index (χ3v) is 4.18. The summed E-state index contributed by atoms with van der Waals surface area (Å²) in [4.78, 5) is 1.02. The topological polar surface area (TPSA) is 47.3 Å². The lowest BCUT2D eigenvalue weighted by Crippen LogP contribution is -2.28. The molecule has 1 aromatic carbocycles.